The van der Waals surface area contributed by atoms with Gasteiger partial charge in [-0.25, -0.2) is 9.97 Å². The molecule has 9 nitrogen and oxygen atoms in total. The summed E-state index contributed by atoms with van der Waals surface area (Å²) in [7, 11) is 2.14. The van der Waals surface area contributed by atoms with Crippen LogP contribution in [0.4, 0.5) is 5.95 Å². The highest BCUT2D eigenvalue weighted by Gasteiger charge is 2.23. The third-order valence-corrected chi connectivity index (χ3v) is 8.82. The first-order chi connectivity index (χ1) is 22.4. The number of anilines is 1. The number of rotatable bonds is 5. The van der Waals surface area contributed by atoms with Crippen LogP contribution in [0.25, 0.3) is 43.9 Å². The number of hydrogen-bond donors (Lipinski definition) is 2. The summed E-state index contributed by atoms with van der Waals surface area (Å²) >= 11 is 0. The van der Waals surface area contributed by atoms with Crippen molar-refractivity contribution in [2.75, 3.05) is 44.7 Å². The number of aromatic nitrogens is 3. The minimum atomic E-state index is -0.858. The number of aryl methyl sites for hydroxylation is 2. The van der Waals surface area contributed by atoms with E-state index in [9.17, 15) is 9.90 Å². The van der Waals surface area contributed by atoms with E-state index in [0.717, 1.165) is 105 Å². The highest BCUT2D eigenvalue weighted by atomic mass is 16.5. The van der Waals surface area contributed by atoms with E-state index in [1.165, 1.54) is 5.56 Å². The van der Waals surface area contributed by atoms with Crippen LogP contribution in [0, 0.1) is 13.8 Å². The molecule has 0 atom stereocenters. The van der Waals surface area contributed by atoms with Crippen LogP contribution in [-0.2, 0) is 17.6 Å². The molecular weight excluding hydrogens is 590 g/mol. The lowest BCUT2D eigenvalue weighted by molar-refractivity contribution is -0.136. The van der Waals surface area contributed by atoms with Gasteiger partial charge in [0.25, 0.3) is 0 Å². The van der Waals surface area contributed by atoms with Crippen molar-refractivity contribution in [2.45, 2.75) is 53.1 Å². The molecule has 7 rings (SSSR count). The average Bonchev–Trinajstić information content (AvgIpc) is 3.02. The summed E-state index contributed by atoms with van der Waals surface area (Å²) in [5.41, 5.74) is 8.28. The molecule has 0 bridgehead atoms. The normalized spacial score (nSPS) is 14.9. The van der Waals surface area contributed by atoms with Gasteiger partial charge in [0.05, 0.1) is 24.1 Å². The minimum absolute atomic E-state index is 0.0705. The second-order valence-corrected chi connectivity index (χ2v) is 13.6. The molecule has 0 saturated carbocycles. The van der Waals surface area contributed by atoms with Gasteiger partial charge in [-0.2, -0.15) is 0 Å². The lowest BCUT2D eigenvalue weighted by Crippen LogP contribution is -2.45. The van der Waals surface area contributed by atoms with Gasteiger partial charge >= 0.3 is 5.97 Å². The molecule has 0 unspecified atom stereocenters. The molecule has 0 aliphatic carbocycles. The molecule has 244 valence electrons. The first-order valence-electron chi connectivity index (χ1n) is 16.2. The second-order valence-electron chi connectivity index (χ2n) is 13.6. The number of carbonyl (C=O) groups is 1. The van der Waals surface area contributed by atoms with Crippen molar-refractivity contribution in [3.63, 3.8) is 0 Å². The fraction of sp³-hybridized carbons (Fsp3) is 0.368. The van der Waals surface area contributed by atoms with E-state index in [1.807, 2.05) is 37.6 Å². The van der Waals surface area contributed by atoms with Crippen LogP contribution in [0.2, 0.25) is 0 Å². The zero-order chi connectivity index (χ0) is 33.5. The summed E-state index contributed by atoms with van der Waals surface area (Å²) in [6.45, 7) is 13.8. The largest absolute Gasteiger partial charge is 0.493 e. The van der Waals surface area contributed by atoms with E-state index in [1.54, 1.807) is 20.8 Å². The van der Waals surface area contributed by atoms with Gasteiger partial charge < -0.3 is 24.7 Å². The Hall–Kier alpha value is -4.60. The maximum absolute atomic E-state index is 12.1. The SMILES string of the molecule is CC(C)(C)O.Cc1cc2c(C)c(-c3cnc(N4CCN(C)CC4)nc3)ccc2c(-c2ccc3c4c(ccnc24)CCO3)c1CC(=O)O. The molecule has 1 fully saturated rings. The predicted molar refractivity (Wildman–Crippen MR) is 187 cm³/mol. The van der Waals surface area contributed by atoms with Crippen LogP contribution >= 0.6 is 0 Å². The van der Waals surface area contributed by atoms with Crippen molar-refractivity contribution in [1.29, 1.82) is 0 Å². The number of benzene rings is 3. The summed E-state index contributed by atoms with van der Waals surface area (Å²) in [5, 5.41) is 21.5. The van der Waals surface area contributed by atoms with Crippen LogP contribution < -0.4 is 9.64 Å². The van der Waals surface area contributed by atoms with Gasteiger partial charge in [0.15, 0.2) is 0 Å². The van der Waals surface area contributed by atoms with Gasteiger partial charge in [-0.15, -0.1) is 0 Å². The summed E-state index contributed by atoms with van der Waals surface area (Å²) in [5.74, 6) is 0.739. The standard InChI is InChI=1S/C34H33N5O3.C4H10O/c1-20-16-28-21(2)24(23-18-36-34(37-19-23)39-13-11-38(3)12-14-39)4-5-25(28)32(27(20)17-30(40)41)26-6-7-29-31-22(9-15-42-29)8-10-35-33(26)31;1-4(2,3)5/h4-8,10,16,18-19H,9,11-15,17H2,1-3H3,(H,40,41);5H,1-3H3. The van der Waals surface area contributed by atoms with E-state index >= 15 is 0 Å². The smallest absolute Gasteiger partial charge is 0.307 e. The highest BCUT2D eigenvalue weighted by Crippen LogP contribution is 2.44. The molecule has 2 aromatic heterocycles. The molecule has 3 aromatic carbocycles. The van der Waals surface area contributed by atoms with Crippen molar-refractivity contribution in [3.8, 4) is 28.0 Å². The van der Waals surface area contributed by atoms with Gasteiger partial charge in [0.2, 0.25) is 5.95 Å². The molecule has 2 aliphatic rings. The molecule has 0 radical (unpaired) electrons. The number of aliphatic carboxylic acids is 1. The molecule has 47 heavy (non-hydrogen) atoms. The Kier molecular flexibility index (Phi) is 8.87. The average molecular weight is 634 g/mol. The van der Waals surface area contributed by atoms with Gasteiger partial charge in [-0.3, -0.25) is 9.78 Å². The Bertz CT molecular complexity index is 1940. The van der Waals surface area contributed by atoms with Crippen LogP contribution in [-0.4, -0.2) is 81.5 Å². The summed E-state index contributed by atoms with van der Waals surface area (Å²) in [6, 6.07) is 12.4. The first-order valence-corrected chi connectivity index (χ1v) is 16.2. The highest BCUT2D eigenvalue weighted by molar-refractivity contribution is 6.10. The second kappa shape index (κ2) is 12.9. The fourth-order valence-electron chi connectivity index (χ4n) is 6.53. The lowest BCUT2D eigenvalue weighted by atomic mass is 9.84. The van der Waals surface area contributed by atoms with Crippen molar-refractivity contribution in [1.82, 2.24) is 19.9 Å². The number of hydrogen-bond acceptors (Lipinski definition) is 8. The van der Waals surface area contributed by atoms with Gasteiger partial charge in [0.1, 0.15) is 5.75 Å². The molecule has 0 spiro atoms. The number of carboxylic acids is 1. The maximum atomic E-state index is 12.1. The van der Waals surface area contributed by atoms with E-state index in [2.05, 4.69) is 48.0 Å². The third-order valence-electron chi connectivity index (χ3n) is 8.82. The first kappa shape index (κ1) is 32.3. The number of nitrogens with zero attached hydrogens (tertiary/aromatic N) is 5. The van der Waals surface area contributed by atoms with Crippen LogP contribution in [0.15, 0.2) is 55.0 Å². The van der Waals surface area contributed by atoms with Crippen molar-refractivity contribution < 1.29 is 19.7 Å². The molecule has 9 heteroatoms. The Morgan fingerprint density at radius 3 is 2.30 bits per heavy atom. The monoisotopic (exact) mass is 633 g/mol. The van der Waals surface area contributed by atoms with Gasteiger partial charge in [-0.1, -0.05) is 18.2 Å². The topological polar surface area (TPSA) is 112 Å². The van der Waals surface area contributed by atoms with Crippen molar-refractivity contribution >= 4 is 33.6 Å². The molecular formula is C38H43N5O4. The Morgan fingerprint density at radius 1 is 0.936 bits per heavy atom. The number of carboxylic acid groups (broad SMARTS) is 1. The van der Waals surface area contributed by atoms with Crippen LogP contribution in [0.1, 0.15) is 43.0 Å². The third kappa shape index (κ3) is 6.77. The summed E-state index contributed by atoms with van der Waals surface area (Å²) < 4.78 is 5.98. The van der Waals surface area contributed by atoms with E-state index in [0.29, 0.717) is 6.61 Å². The number of pyridine rings is 1. The summed E-state index contributed by atoms with van der Waals surface area (Å²) in [4.78, 5) is 30.9. The molecule has 0 amide bonds. The molecule has 2 aliphatic heterocycles. The maximum Gasteiger partial charge on any atom is 0.307 e. The Morgan fingerprint density at radius 2 is 1.62 bits per heavy atom. The van der Waals surface area contributed by atoms with Crippen LogP contribution in [0.5, 0.6) is 5.75 Å². The fourth-order valence-corrected chi connectivity index (χ4v) is 6.53. The number of ether oxygens (including phenoxy) is 1. The number of aliphatic hydroxyl groups is 1. The van der Waals surface area contributed by atoms with Gasteiger partial charge in [0, 0.05) is 67.7 Å². The van der Waals surface area contributed by atoms with E-state index in [-0.39, 0.29) is 6.42 Å². The summed E-state index contributed by atoms with van der Waals surface area (Å²) in [6.07, 6.45) is 6.43. The number of piperazine rings is 1. The molecule has 1 saturated heterocycles. The van der Waals surface area contributed by atoms with Crippen molar-refractivity contribution in [3.05, 3.63) is 77.2 Å². The number of fused-ring (bicyclic) bond motifs is 1. The van der Waals surface area contributed by atoms with Crippen LogP contribution in [0.3, 0.4) is 0 Å². The lowest BCUT2D eigenvalue weighted by Gasteiger charge is -2.32. The Labute approximate surface area is 275 Å². The van der Waals surface area contributed by atoms with E-state index in [4.69, 9.17) is 24.8 Å². The molecule has 2 N–H and O–H groups in total. The quantitative estimate of drug-likeness (QED) is 0.233. The van der Waals surface area contributed by atoms with Crippen molar-refractivity contribution in [2.24, 2.45) is 0 Å². The number of likely N-dealkylation sites (N-methyl/N-ethyl adjacent to an activating group) is 1. The predicted octanol–water partition coefficient (Wildman–Crippen LogP) is 6.22. The van der Waals surface area contributed by atoms with Gasteiger partial charge in [-0.05, 0) is 104 Å². The van der Waals surface area contributed by atoms with E-state index < -0.39 is 11.6 Å². The molecule has 4 heterocycles. The minimum Gasteiger partial charge on any atom is -0.493 e. The zero-order valence-electron chi connectivity index (χ0n) is 28.1. The Balaban J connectivity index is 0.000000720. The molecule has 5 aromatic rings. The zero-order valence-corrected chi connectivity index (χ0v) is 28.1.